The quantitative estimate of drug-likeness (QED) is 0.681. The fraction of sp³-hybridized carbons (Fsp3) is 0. The van der Waals surface area contributed by atoms with Crippen LogP contribution in [0.25, 0.3) is 16.8 Å². The molecule has 19 heavy (non-hydrogen) atoms. The van der Waals surface area contributed by atoms with Gasteiger partial charge in [0, 0.05) is 17.8 Å². The molecule has 1 aromatic heterocycles. The highest BCUT2D eigenvalue weighted by Crippen LogP contribution is 2.21. The van der Waals surface area contributed by atoms with Crippen LogP contribution in [0.1, 0.15) is 0 Å². The molecule has 0 N–H and O–H groups in total. The van der Waals surface area contributed by atoms with Gasteiger partial charge in [-0.15, -0.1) is 0 Å². The minimum Gasteiger partial charge on any atom is -0.237 e. The van der Waals surface area contributed by atoms with Gasteiger partial charge < -0.3 is 0 Å². The Morgan fingerprint density at radius 3 is 2.42 bits per heavy atom. The average molecular weight is 256 g/mol. The van der Waals surface area contributed by atoms with Gasteiger partial charge in [0.15, 0.2) is 5.82 Å². The fourth-order valence-electron chi connectivity index (χ4n) is 1.90. The van der Waals surface area contributed by atoms with Crippen molar-refractivity contribution in [3.63, 3.8) is 0 Å². The van der Waals surface area contributed by atoms with E-state index < -0.39 is 11.6 Å². The van der Waals surface area contributed by atoms with E-state index in [1.165, 1.54) is 16.8 Å². The Morgan fingerprint density at radius 1 is 0.895 bits per heavy atom. The Kier molecular flexibility index (Phi) is 2.83. The first-order valence-electron chi connectivity index (χ1n) is 5.79. The topological polar surface area (TPSA) is 17.8 Å². The second-order valence-electron chi connectivity index (χ2n) is 4.14. The van der Waals surface area contributed by atoms with E-state index >= 15 is 0 Å². The Labute approximate surface area is 108 Å². The summed E-state index contributed by atoms with van der Waals surface area (Å²) in [5, 5.41) is 4.11. The predicted molar refractivity (Wildman–Crippen MR) is 68.9 cm³/mol. The van der Waals surface area contributed by atoms with Gasteiger partial charge in [0.25, 0.3) is 0 Å². The smallest absolute Gasteiger partial charge is 0.151 e. The molecular formula is C15H10F2N2. The van der Waals surface area contributed by atoms with Crippen molar-refractivity contribution in [3.8, 4) is 16.8 Å². The van der Waals surface area contributed by atoms with E-state index in [1.54, 1.807) is 12.4 Å². The Hall–Kier alpha value is -2.49. The highest BCUT2D eigenvalue weighted by atomic mass is 19.1. The second kappa shape index (κ2) is 4.65. The lowest BCUT2D eigenvalue weighted by molar-refractivity contribution is 0.573. The van der Waals surface area contributed by atoms with Crippen molar-refractivity contribution in [3.05, 3.63) is 72.6 Å². The van der Waals surface area contributed by atoms with Gasteiger partial charge in [-0.25, -0.2) is 13.5 Å². The van der Waals surface area contributed by atoms with Crippen LogP contribution >= 0.6 is 0 Å². The molecule has 0 unspecified atom stereocenters. The first-order valence-corrected chi connectivity index (χ1v) is 5.79. The predicted octanol–water partition coefficient (Wildman–Crippen LogP) is 3.82. The fourth-order valence-corrected chi connectivity index (χ4v) is 1.90. The molecule has 0 fully saturated rings. The van der Waals surface area contributed by atoms with Crippen LogP contribution in [-0.4, -0.2) is 9.78 Å². The van der Waals surface area contributed by atoms with Crippen LogP contribution in [0.3, 0.4) is 0 Å². The molecule has 3 aromatic rings. The number of aromatic nitrogens is 2. The van der Waals surface area contributed by atoms with E-state index in [0.717, 1.165) is 17.2 Å². The molecule has 0 spiro atoms. The van der Waals surface area contributed by atoms with Crippen LogP contribution < -0.4 is 0 Å². The molecule has 4 heteroatoms. The van der Waals surface area contributed by atoms with Gasteiger partial charge in [-0.2, -0.15) is 5.10 Å². The van der Waals surface area contributed by atoms with Crippen LogP contribution in [-0.2, 0) is 0 Å². The summed E-state index contributed by atoms with van der Waals surface area (Å²) in [4.78, 5) is 0. The van der Waals surface area contributed by atoms with Crippen molar-refractivity contribution in [1.29, 1.82) is 0 Å². The lowest BCUT2D eigenvalue weighted by atomic mass is 10.1. The van der Waals surface area contributed by atoms with E-state index in [1.807, 2.05) is 30.3 Å². The summed E-state index contributed by atoms with van der Waals surface area (Å²) in [5.41, 5.74) is 2.10. The molecule has 0 aliphatic carbocycles. The largest absolute Gasteiger partial charge is 0.237 e. The number of halogens is 2. The molecule has 0 saturated carbocycles. The maximum Gasteiger partial charge on any atom is 0.151 e. The zero-order valence-corrected chi connectivity index (χ0v) is 9.92. The molecule has 0 atom stereocenters. The van der Waals surface area contributed by atoms with Crippen molar-refractivity contribution in [1.82, 2.24) is 9.78 Å². The standard InChI is InChI=1S/C15H10F2N2/c16-13-6-7-15(14(17)8-13)19-10-12(9-18-19)11-4-2-1-3-5-11/h1-10H. The Balaban J connectivity index is 2.02. The first-order chi connectivity index (χ1) is 9.24. The summed E-state index contributed by atoms with van der Waals surface area (Å²) in [6.07, 6.45) is 3.36. The van der Waals surface area contributed by atoms with E-state index in [-0.39, 0.29) is 5.69 Å². The SMILES string of the molecule is Fc1ccc(-n2cc(-c3ccccc3)cn2)c(F)c1. The first kappa shape index (κ1) is 11.6. The zero-order valence-electron chi connectivity index (χ0n) is 9.92. The van der Waals surface area contributed by atoms with Gasteiger partial charge in [0.2, 0.25) is 0 Å². The summed E-state index contributed by atoms with van der Waals surface area (Å²) >= 11 is 0. The number of rotatable bonds is 2. The highest BCUT2D eigenvalue weighted by molar-refractivity contribution is 5.62. The lowest BCUT2D eigenvalue weighted by Crippen LogP contribution is -1.98. The van der Waals surface area contributed by atoms with Gasteiger partial charge in [0.05, 0.1) is 6.20 Å². The maximum absolute atomic E-state index is 13.6. The minimum absolute atomic E-state index is 0.226. The molecular weight excluding hydrogens is 246 g/mol. The average Bonchev–Trinajstić information content (AvgIpc) is 2.89. The van der Waals surface area contributed by atoms with E-state index in [9.17, 15) is 8.78 Å². The van der Waals surface area contributed by atoms with Gasteiger partial charge in [0.1, 0.15) is 11.5 Å². The number of hydrogen-bond acceptors (Lipinski definition) is 1. The lowest BCUT2D eigenvalue weighted by Gasteiger charge is -2.02. The molecule has 0 bridgehead atoms. The summed E-state index contributed by atoms with van der Waals surface area (Å²) in [6.45, 7) is 0. The van der Waals surface area contributed by atoms with Crippen molar-refractivity contribution >= 4 is 0 Å². The zero-order chi connectivity index (χ0) is 13.2. The molecule has 0 amide bonds. The summed E-state index contributed by atoms with van der Waals surface area (Å²) in [5.74, 6) is -1.24. The van der Waals surface area contributed by atoms with Gasteiger partial charge in [-0.1, -0.05) is 30.3 Å². The monoisotopic (exact) mass is 256 g/mol. The summed E-state index contributed by atoms with van der Waals surface area (Å²) in [6, 6.07) is 13.1. The third-order valence-corrected chi connectivity index (χ3v) is 2.85. The van der Waals surface area contributed by atoms with Gasteiger partial charge >= 0.3 is 0 Å². The van der Waals surface area contributed by atoms with Crippen LogP contribution in [0.5, 0.6) is 0 Å². The van der Waals surface area contributed by atoms with E-state index in [4.69, 9.17) is 0 Å². The Morgan fingerprint density at radius 2 is 1.68 bits per heavy atom. The van der Waals surface area contributed by atoms with Crippen molar-refractivity contribution in [2.24, 2.45) is 0 Å². The molecule has 2 nitrogen and oxygen atoms in total. The molecule has 0 aliphatic rings. The van der Waals surface area contributed by atoms with Crippen molar-refractivity contribution in [2.45, 2.75) is 0 Å². The van der Waals surface area contributed by atoms with Crippen molar-refractivity contribution < 1.29 is 8.78 Å². The normalized spacial score (nSPS) is 10.6. The molecule has 0 saturated heterocycles. The van der Waals surface area contributed by atoms with Crippen LogP contribution in [0.15, 0.2) is 60.9 Å². The molecule has 0 aliphatic heterocycles. The number of benzene rings is 2. The highest BCUT2D eigenvalue weighted by Gasteiger charge is 2.08. The molecule has 0 radical (unpaired) electrons. The maximum atomic E-state index is 13.6. The second-order valence-corrected chi connectivity index (χ2v) is 4.14. The number of nitrogens with zero attached hydrogens (tertiary/aromatic N) is 2. The van der Waals surface area contributed by atoms with Crippen LogP contribution in [0.2, 0.25) is 0 Å². The van der Waals surface area contributed by atoms with Gasteiger partial charge in [-0.05, 0) is 17.7 Å². The van der Waals surface area contributed by atoms with Crippen LogP contribution in [0.4, 0.5) is 8.78 Å². The summed E-state index contributed by atoms with van der Waals surface area (Å²) < 4.78 is 27.9. The summed E-state index contributed by atoms with van der Waals surface area (Å²) in [7, 11) is 0. The minimum atomic E-state index is -0.636. The van der Waals surface area contributed by atoms with Gasteiger partial charge in [-0.3, -0.25) is 0 Å². The van der Waals surface area contributed by atoms with Crippen molar-refractivity contribution in [2.75, 3.05) is 0 Å². The third-order valence-electron chi connectivity index (χ3n) is 2.85. The van der Waals surface area contributed by atoms with E-state index in [2.05, 4.69) is 5.10 Å². The number of hydrogen-bond donors (Lipinski definition) is 0. The molecule has 3 rings (SSSR count). The molecule has 94 valence electrons. The molecule has 1 heterocycles. The third kappa shape index (κ3) is 2.25. The van der Waals surface area contributed by atoms with Crippen LogP contribution in [0, 0.1) is 11.6 Å². The Bertz CT molecular complexity index is 705. The van der Waals surface area contributed by atoms with E-state index in [0.29, 0.717) is 0 Å². The molecule has 2 aromatic carbocycles.